The van der Waals surface area contributed by atoms with E-state index in [1.165, 1.54) is 30.2 Å². The van der Waals surface area contributed by atoms with Crippen molar-refractivity contribution in [2.45, 2.75) is 25.9 Å². The molecule has 37 heavy (non-hydrogen) atoms. The zero-order valence-corrected chi connectivity index (χ0v) is 20.1. The van der Waals surface area contributed by atoms with Crippen molar-refractivity contribution < 1.29 is 13.6 Å². The molecule has 0 aliphatic rings. The van der Waals surface area contributed by atoms with Crippen LogP contribution in [0.5, 0.6) is 0 Å². The number of oxazole rings is 1. The second kappa shape index (κ2) is 11.5. The Labute approximate surface area is 212 Å². The number of amides is 1. The Kier molecular flexibility index (Phi) is 7.56. The van der Waals surface area contributed by atoms with E-state index >= 15 is 0 Å². The number of pyridine rings is 2. The molecule has 0 atom stereocenters. The minimum Gasteiger partial charge on any atom is -0.448 e. The summed E-state index contributed by atoms with van der Waals surface area (Å²) in [5.74, 6) is 0.542. The summed E-state index contributed by atoms with van der Waals surface area (Å²) in [6, 6.07) is 15.0. The SMILES string of the molecule is O=C(NCc1ncccc1F)c1coc(CCNCCc2nc3ccccc3n2Cc2ccncc2)n1. The van der Waals surface area contributed by atoms with Gasteiger partial charge in [0.15, 0.2) is 11.6 Å². The minimum atomic E-state index is -0.470. The fourth-order valence-electron chi connectivity index (χ4n) is 4.02. The van der Waals surface area contributed by atoms with Gasteiger partial charge in [-0.05, 0) is 42.0 Å². The Bertz CT molecular complexity index is 1480. The second-order valence-corrected chi connectivity index (χ2v) is 8.45. The van der Waals surface area contributed by atoms with E-state index in [1.54, 1.807) is 12.4 Å². The number of aromatic nitrogens is 5. The van der Waals surface area contributed by atoms with E-state index in [-0.39, 0.29) is 17.9 Å². The zero-order valence-electron chi connectivity index (χ0n) is 20.1. The first-order chi connectivity index (χ1) is 18.2. The third kappa shape index (κ3) is 6.04. The minimum absolute atomic E-state index is 0.0266. The maximum Gasteiger partial charge on any atom is 0.273 e. The number of hydrogen-bond acceptors (Lipinski definition) is 7. The molecule has 2 N–H and O–H groups in total. The van der Waals surface area contributed by atoms with Crippen LogP contribution in [0.2, 0.25) is 0 Å². The number of nitrogens with one attached hydrogen (secondary N) is 2. The van der Waals surface area contributed by atoms with Crippen LogP contribution in [0, 0.1) is 5.82 Å². The summed E-state index contributed by atoms with van der Waals surface area (Å²) in [5, 5.41) is 6.00. The standard InChI is InChI=1S/C27H26FN7O2/c28-20-4-3-11-31-22(20)16-32-27(36)23-18-37-26(34-23)10-15-30-14-9-25-33-21-5-1-2-6-24(21)35(25)17-19-7-12-29-13-8-19/h1-8,11-13,18,30H,9-10,14-17H2,(H,32,36). The fourth-order valence-corrected chi connectivity index (χ4v) is 4.02. The zero-order chi connectivity index (χ0) is 25.5. The number of para-hydroxylation sites is 2. The molecule has 4 aromatic heterocycles. The van der Waals surface area contributed by atoms with Crippen LogP contribution in [0.25, 0.3) is 11.0 Å². The molecule has 4 heterocycles. The molecule has 9 nitrogen and oxygen atoms in total. The molecule has 0 unspecified atom stereocenters. The van der Waals surface area contributed by atoms with E-state index in [0.29, 0.717) is 18.9 Å². The van der Waals surface area contributed by atoms with Crippen LogP contribution in [0.4, 0.5) is 4.39 Å². The molecule has 0 spiro atoms. The number of fused-ring (bicyclic) bond motifs is 1. The van der Waals surface area contributed by atoms with Crippen molar-refractivity contribution in [2.75, 3.05) is 13.1 Å². The maximum atomic E-state index is 13.7. The third-order valence-electron chi connectivity index (χ3n) is 5.90. The lowest BCUT2D eigenvalue weighted by molar-refractivity contribution is 0.0945. The normalized spacial score (nSPS) is 11.2. The maximum absolute atomic E-state index is 13.7. The summed E-state index contributed by atoms with van der Waals surface area (Å²) in [7, 11) is 0. The van der Waals surface area contributed by atoms with Gasteiger partial charge in [0.25, 0.3) is 5.91 Å². The van der Waals surface area contributed by atoms with Crippen molar-refractivity contribution in [3.05, 3.63) is 108 Å². The molecule has 0 aliphatic heterocycles. The van der Waals surface area contributed by atoms with Gasteiger partial charge >= 0.3 is 0 Å². The van der Waals surface area contributed by atoms with Crippen molar-refractivity contribution in [3.8, 4) is 0 Å². The van der Waals surface area contributed by atoms with Gasteiger partial charge in [-0.3, -0.25) is 14.8 Å². The van der Waals surface area contributed by atoms with E-state index < -0.39 is 11.7 Å². The molecule has 0 aliphatic carbocycles. The molecule has 1 aromatic carbocycles. The smallest absolute Gasteiger partial charge is 0.273 e. The lowest BCUT2D eigenvalue weighted by Gasteiger charge is -2.10. The number of nitrogens with zero attached hydrogens (tertiary/aromatic N) is 5. The average molecular weight is 500 g/mol. The molecule has 0 fully saturated rings. The van der Waals surface area contributed by atoms with Crippen molar-refractivity contribution in [1.82, 2.24) is 35.1 Å². The molecule has 0 saturated heterocycles. The van der Waals surface area contributed by atoms with Crippen LogP contribution in [-0.2, 0) is 25.9 Å². The summed E-state index contributed by atoms with van der Waals surface area (Å²) in [6.07, 6.45) is 7.66. The number of rotatable bonds is 11. The van der Waals surface area contributed by atoms with Gasteiger partial charge in [-0.15, -0.1) is 0 Å². The molecule has 0 radical (unpaired) electrons. The van der Waals surface area contributed by atoms with Crippen LogP contribution in [0.3, 0.4) is 0 Å². The third-order valence-corrected chi connectivity index (χ3v) is 5.90. The first kappa shape index (κ1) is 24.3. The Hall–Kier alpha value is -4.44. The Morgan fingerprint density at radius 1 is 0.973 bits per heavy atom. The van der Waals surface area contributed by atoms with E-state index in [0.717, 1.165) is 36.4 Å². The van der Waals surface area contributed by atoms with Crippen LogP contribution < -0.4 is 10.6 Å². The monoisotopic (exact) mass is 499 g/mol. The molecule has 0 saturated carbocycles. The van der Waals surface area contributed by atoms with Gasteiger partial charge in [0.1, 0.15) is 17.9 Å². The van der Waals surface area contributed by atoms with Crippen LogP contribution in [-0.4, -0.2) is 43.5 Å². The number of carbonyl (C=O) groups is 1. The summed E-state index contributed by atoms with van der Waals surface area (Å²) in [6.45, 7) is 2.06. The van der Waals surface area contributed by atoms with Gasteiger partial charge in [-0.2, -0.15) is 0 Å². The first-order valence-corrected chi connectivity index (χ1v) is 12.0. The second-order valence-electron chi connectivity index (χ2n) is 8.45. The highest BCUT2D eigenvalue weighted by molar-refractivity contribution is 5.91. The quantitative estimate of drug-likeness (QED) is 0.268. The van der Waals surface area contributed by atoms with Gasteiger partial charge in [-0.1, -0.05) is 12.1 Å². The molecular formula is C27H26FN7O2. The molecule has 188 valence electrons. The van der Waals surface area contributed by atoms with Crippen LogP contribution >= 0.6 is 0 Å². The first-order valence-electron chi connectivity index (χ1n) is 12.0. The van der Waals surface area contributed by atoms with E-state index in [9.17, 15) is 9.18 Å². The number of imidazole rings is 1. The summed E-state index contributed by atoms with van der Waals surface area (Å²) < 4.78 is 21.3. The lowest BCUT2D eigenvalue weighted by Crippen LogP contribution is -2.24. The average Bonchev–Trinajstić information content (AvgIpc) is 3.54. The van der Waals surface area contributed by atoms with E-state index in [2.05, 4.69) is 36.2 Å². The van der Waals surface area contributed by atoms with Gasteiger partial charge in [0.05, 0.1) is 23.3 Å². The largest absolute Gasteiger partial charge is 0.448 e. The summed E-state index contributed by atoms with van der Waals surface area (Å²) in [5.41, 5.74) is 3.56. The highest BCUT2D eigenvalue weighted by atomic mass is 19.1. The highest BCUT2D eigenvalue weighted by Crippen LogP contribution is 2.18. The molecule has 1 amide bonds. The van der Waals surface area contributed by atoms with Crippen molar-refractivity contribution >= 4 is 16.9 Å². The van der Waals surface area contributed by atoms with Gasteiger partial charge < -0.3 is 19.6 Å². The number of hydrogen-bond donors (Lipinski definition) is 2. The van der Waals surface area contributed by atoms with Crippen molar-refractivity contribution in [2.24, 2.45) is 0 Å². The number of halogens is 1. The topological polar surface area (TPSA) is 111 Å². The molecule has 10 heteroatoms. The van der Waals surface area contributed by atoms with Crippen molar-refractivity contribution in [3.63, 3.8) is 0 Å². The van der Waals surface area contributed by atoms with E-state index in [4.69, 9.17) is 9.40 Å². The van der Waals surface area contributed by atoms with Crippen molar-refractivity contribution in [1.29, 1.82) is 0 Å². The molecule has 0 bridgehead atoms. The molecule has 5 rings (SSSR count). The molecule has 5 aromatic rings. The van der Waals surface area contributed by atoms with Crippen LogP contribution in [0.15, 0.2) is 77.8 Å². The lowest BCUT2D eigenvalue weighted by atomic mass is 10.2. The van der Waals surface area contributed by atoms with Gasteiger partial charge in [0, 0.05) is 51.1 Å². The molecular weight excluding hydrogens is 473 g/mol. The predicted octanol–water partition coefficient (Wildman–Crippen LogP) is 3.31. The summed E-state index contributed by atoms with van der Waals surface area (Å²) >= 11 is 0. The number of carbonyl (C=O) groups excluding carboxylic acids is 1. The Morgan fingerprint density at radius 2 is 1.81 bits per heavy atom. The van der Waals surface area contributed by atoms with Gasteiger partial charge in [0.2, 0.25) is 0 Å². The summed E-state index contributed by atoms with van der Waals surface area (Å²) in [4.78, 5) is 29.4. The predicted molar refractivity (Wildman–Crippen MR) is 135 cm³/mol. The fraction of sp³-hybridized carbons (Fsp3) is 0.222. The Morgan fingerprint density at radius 3 is 2.68 bits per heavy atom. The Balaban J connectivity index is 1.11. The van der Waals surface area contributed by atoms with E-state index in [1.807, 2.05) is 30.3 Å². The highest BCUT2D eigenvalue weighted by Gasteiger charge is 2.14. The van der Waals surface area contributed by atoms with Crippen LogP contribution in [0.1, 0.15) is 33.5 Å². The van der Waals surface area contributed by atoms with Gasteiger partial charge in [-0.25, -0.2) is 14.4 Å². The number of benzene rings is 1.